The topological polar surface area (TPSA) is 171 Å². The molecule has 1 aliphatic heterocycles. The zero-order valence-corrected chi connectivity index (χ0v) is 22.2. The molecule has 38 heavy (non-hydrogen) atoms. The van der Waals surface area contributed by atoms with Gasteiger partial charge in [-0.15, -0.1) is 0 Å². The molecule has 5 atom stereocenters. The molecule has 2 heterocycles. The lowest BCUT2D eigenvalue weighted by molar-refractivity contribution is -0.288. The number of fused-ring (bicyclic) bond motifs is 1. The molecule has 0 bridgehead atoms. The summed E-state index contributed by atoms with van der Waals surface area (Å²) in [7, 11) is 0. The van der Waals surface area contributed by atoms with Crippen molar-refractivity contribution in [3.05, 3.63) is 38.7 Å². The second kappa shape index (κ2) is 12.2. The molecule has 0 unspecified atom stereocenters. The quantitative estimate of drug-likeness (QED) is 0.186. The van der Waals surface area contributed by atoms with E-state index in [9.17, 15) is 28.8 Å². The molecular weight excluding hydrogens is 576 g/mol. The average Bonchev–Trinajstić information content (AvgIpc) is 2.81. The largest absolute Gasteiger partial charge is 0.463 e. The molecule has 14 heteroatoms. The van der Waals surface area contributed by atoms with Crippen LogP contribution in [0.2, 0.25) is 0 Å². The fourth-order valence-electron chi connectivity index (χ4n) is 3.78. The molecule has 0 amide bonds. The van der Waals surface area contributed by atoms with Crippen molar-refractivity contribution >= 4 is 57.1 Å². The van der Waals surface area contributed by atoms with Crippen LogP contribution in [0.3, 0.4) is 0 Å². The van der Waals surface area contributed by atoms with Crippen molar-refractivity contribution in [2.24, 2.45) is 0 Å². The predicted molar refractivity (Wildman–Crippen MR) is 128 cm³/mol. The van der Waals surface area contributed by atoms with E-state index in [1.165, 1.54) is 12.1 Å². The van der Waals surface area contributed by atoms with Crippen LogP contribution in [0.15, 0.2) is 31.9 Å². The summed E-state index contributed by atoms with van der Waals surface area (Å²) < 4.78 is 38.4. The third-order valence-electron chi connectivity index (χ3n) is 5.15. The Kier molecular flexibility index (Phi) is 9.22. The monoisotopic (exact) mass is 598 g/mol. The normalized spacial score (nSPS) is 22.7. The molecule has 0 N–H and O–H groups in total. The molecule has 1 aliphatic rings. The first-order valence-corrected chi connectivity index (χ1v) is 11.9. The minimum Gasteiger partial charge on any atom is -0.463 e. The number of hydrogen-bond donors (Lipinski definition) is 0. The first kappa shape index (κ1) is 28.8. The Morgan fingerprint density at radius 2 is 1.50 bits per heavy atom. The Balaban J connectivity index is 2.09. The van der Waals surface area contributed by atoms with Crippen LogP contribution in [0.5, 0.6) is 5.75 Å². The van der Waals surface area contributed by atoms with E-state index in [0.717, 1.165) is 33.8 Å². The molecule has 0 spiro atoms. The van der Waals surface area contributed by atoms with Gasteiger partial charge >= 0.3 is 29.5 Å². The van der Waals surface area contributed by atoms with Gasteiger partial charge < -0.3 is 32.8 Å². The fraction of sp³-hybridized carbons (Fsp3) is 0.417. The Morgan fingerprint density at radius 1 is 0.895 bits per heavy atom. The SMILES string of the molecule is CC(=O)OC[C@H]1O[C@@H](Oc2cc3oc(=O)cc(C=O)c3cc2Br)[C@H](OC(C)=O)[C@@H](OC(C)=O)[C@H]1OC(C)=O. The van der Waals surface area contributed by atoms with Crippen LogP contribution in [-0.2, 0) is 42.9 Å². The lowest BCUT2D eigenvalue weighted by Crippen LogP contribution is -2.63. The zero-order valence-electron chi connectivity index (χ0n) is 20.6. The Hall–Kier alpha value is -3.78. The van der Waals surface area contributed by atoms with E-state index >= 15 is 0 Å². The third kappa shape index (κ3) is 6.95. The van der Waals surface area contributed by atoms with Gasteiger partial charge in [-0.05, 0) is 22.0 Å². The van der Waals surface area contributed by atoms with Crippen molar-refractivity contribution in [3.8, 4) is 5.75 Å². The standard InChI is InChI=1S/C24H23BrO13/c1-10(27)32-9-19-21(33-11(2)28)22(34-12(3)29)23(35-13(4)30)24(38-19)37-18-7-17-15(6-16(18)25)14(8-26)5-20(31)36-17/h5-8,19,21-24H,9H2,1-4H3/t19-,21+,22+,23-,24-/m1/s1. The average molecular weight is 599 g/mol. The van der Waals surface area contributed by atoms with Gasteiger partial charge in [-0.2, -0.15) is 0 Å². The van der Waals surface area contributed by atoms with E-state index in [4.69, 9.17) is 32.8 Å². The highest BCUT2D eigenvalue weighted by Gasteiger charge is 2.53. The van der Waals surface area contributed by atoms with E-state index in [0.29, 0.717) is 11.7 Å². The Morgan fingerprint density at radius 3 is 2.08 bits per heavy atom. The maximum atomic E-state index is 12.0. The first-order valence-electron chi connectivity index (χ1n) is 11.1. The number of ether oxygens (including phenoxy) is 6. The van der Waals surface area contributed by atoms with E-state index in [1.807, 2.05) is 0 Å². The van der Waals surface area contributed by atoms with Crippen LogP contribution in [0, 0.1) is 0 Å². The predicted octanol–water partition coefficient (Wildman–Crippen LogP) is 1.83. The van der Waals surface area contributed by atoms with Gasteiger partial charge in [0, 0.05) is 50.8 Å². The lowest BCUT2D eigenvalue weighted by Gasteiger charge is -2.44. The highest BCUT2D eigenvalue weighted by molar-refractivity contribution is 9.10. The van der Waals surface area contributed by atoms with Gasteiger partial charge in [0.2, 0.25) is 12.4 Å². The molecule has 1 aromatic heterocycles. The number of benzene rings is 1. The summed E-state index contributed by atoms with van der Waals surface area (Å²) in [6.45, 7) is 4.00. The van der Waals surface area contributed by atoms with E-state index in [-0.39, 0.29) is 21.4 Å². The second-order valence-electron chi connectivity index (χ2n) is 8.10. The van der Waals surface area contributed by atoms with E-state index in [2.05, 4.69) is 15.9 Å². The summed E-state index contributed by atoms with van der Waals surface area (Å²) in [5.74, 6) is -3.03. The highest BCUT2D eigenvalue weighted by Crippen LogP contribution is 2.36. The van der Waals surface area contributed by atoms with Crippen LogP contribution >= 0.6 is 15.9 Å². The highest BCUT2D eigenvalue weighted by atomic mass is 79.9. The van der Waals surface area contributed by atoms with Crippen LogP contribution in [0.4, 0.5) is 0 Å². The first-order chi connectivity index (χ1) is 17.9. The van der Waals surface area contributed by atoms with Crippen molar-refractivity contribution < 1.29 is 56.8 Å². The summed E-state index contributed by atoms with van der Waals surface area (Å²) in [5, 5.41) is 0.306. The molecule has 0 radical (unpaired) electrons. The molecule has 0 aliphatic carbocycles. The number of aldehydes is 1. The number of esters is 4. The van der Waals surface area contributed by atoms with E-state index < -0.39 is 66.8 Å². The minimum atomic E-state index is -1.51. The van der Waals surface area contributed by atoms with Crippen molar-refractivity contribution in [2.75, 3.05) is 6.61 Å². The second-order valence-corrected chi connectivity index (χ2v) is 8.96. The summed E-state index contributed by atoms with van der Waals surface area (Å²) in [6, 6.07) is 3.78. The molecule has 3 rings (SSSR count). The van der Waals surface area contributed by atoms with Gasteiger partial charge in [-0.1, -0.05) is 0 Å². The number of halogens is 1. The van der Waals surface area contributed by atoms with E-state index in [1.54, 1.807) is 0 Å². The summed E-state index contributed by atoms with van der Waals surface area (Å²) in [4.78, 5) is 70.5. The molecule has 13 nitrogen and oxygen atoms in total. The van der Waals surface area contributed by atoms with Crippen LogP contribution in [-0.4, -0.2) is 67.5 Å². The van der Waals surface area contributed by atoms with Crippen molar-refractivity contribution in [1.29, 1.82) is 0 Å². The maximum Gasteiger partial charge on any atom is 0.336 e. The smallest absolute Gasteiger partial charge is 0.336 e. The number of carbonyl (C=O) groups is 5. The zero-order chi connectivity index (χ0) is 28.1. The van der Waals surface area contributed by atoms with Gasteiger partial charge in [0.05, 0.1) is 4.47 Å². The molecule has 2 aromatic rings. The van der Waals surface area contributed by atoms with Gasteiger partial charge in [0.25, 0.3) is 0 Å². The molecule has 204 valence electrons. The lowest BCUT2D eigenvalue weighted by atomic mass is 9.98. The summed E-state index contributed by atoms with van der Waals surface area (Å²) >= 11 is 3.31. The van der Waals surface area contributed by atoms with Crippen molar-refractivity contribution in [2.45, 2.75) is 58.4 Å². The molecule has 1 fully saturated rings. The Bertz CT molecular complexity index is 1320. The van der Waals surface area contributed by atoms with Gasteiger partial charge in [-0.25, -0.2) is 4.79 Å². The molecular formula is C24H23BrO13. The number of hydrogen-bond acceptors (Lipinski definition) is 13. The minimum absolute atomic E-state index is 0.00318. The van der Waals surface area contributed by atoms with Crippen LogP contribution in [0.25, 0.3) is 11.0 Å². The van der Waals surface area contributed by atoms with Crippen molar-refractivity contribution in [3.63, 3.8) is 0 Å². The third-order valence-corrected chi connectivity index (χ3v) is 5.77. The molecule has 1 aromatic carbocycles. The fourth-order valence-corrected chi connectivity index (χ4v) is 4.22. The number of carbonyl (C=O) groups excluding carboxylic acids is 5. The Labute approximate surface area is 223 Å². The van der Waals surface area contributed by atoms with Crippen LogP contribution < -0.4 is 10.4 Å². The number of rotatable bonds is 8. The maximum absolute atomic E-state index is 12.0. The summed E-state index contributed by atoms with van der Waals surface area (Å²) in [6.07, 6.45) is -6.49. The molecule has 0 saturated carbocycles. The molecule has 1 saturated heterocycles. The van der Waals surface area contributed by atoms with Gasteiger partial charge in [-0.3, -0.25) is 24.0 Å². The van der Waals surface area contributed by atoms with Gasteiger partial charge in [0.1, 0.15) is 24.0 Å². The van der Waals surface area contributed by atoms with Crippen LogP contribution in [0.1, 0.15) is 38.1 Å². The van der Waals surface area contributed by atoms with Gasteiger partial charge in [0.15, 0.2) is 18.5 Å². The van der Waals surface area contributed by atoms with Crippen molar-refractivity contribution in [1.82, 2.24) is 0 Å². The summed E-state index contributed by atoms with van der Waals surface area (Å²) in [5.41, 5.74) is -0.695.